The van der Waals surface area contributed by atoms with Gasteiger partial charge in [-0.15, -0.1) is 0 Å². The van der Waals surface area contributed by atoms with Crippen molar-refractivity contribution in [2.75, 3.05) is 7.05 Å². The van der Waals surface area contributed by atoms with Crippen LogP contribution in [-0.2, 0) is 11.2 Å². The Morgan fingerprint density at radius 3 is 2.74 bits per heavy atom. The second-order valence-electron chi connectivity index (χ2n) is 4.95. The average Bonchev–Trinajstić information content (AvgIpc) is 2.36. The van der Waals surface area contributed by atoms with E-state index in [0.717, 1.165) is 5.56 Å². The summed E-state index contributed by atoms with van der Waals surface area (Å²) in [6.45, 7) is 3.92. The van der Waals surface area contributed by atoms with Crippen molar-refractivity contribution in [1.82, 2.24) is 5.32 Å². The normalized spacial score (nSPS) is 17.9. The van der Waals surface area contributed by atoms with Crippen LogP contribution in [-0.4, -0.2) is 24.8 Å². The summed E-state index contributed by atoms with van der Waals surface area (Å²) in [6.07, 6.45) is -0.101. The molecule has 0 fully saturated rings. The van der Waals surface area contributed by atoms with Crippen molar-refractivity contribution in [3.05, 3.63) is 27.7 Å². The molecular weight excluding hydrogens is 310 g/mol. The van der Waals surface area contributed by atoms with E-state index in [2.05, 4.69) is 21.2 Å². The summed E-state index contributed by atoms with van der Waals surface area (Å²) < 4.78 is 6.49. The van der Waals surface area contributed by atoms with Crippen LogP contribution in [0.5, 0.6) is 5.75 Å². The second-order valence-corrected chi connectivity index (χ2v) is 5.81. The molecule has 1 heterocycles. The van der Waals surface area contributed by atoms with Crippen molar-refractivity contribution >= 4 is 27.6 Å². The molecule has 5 heteroatoms. The molecule has 1 amide bonds. The summed E-state index contributed by atoms with van der Waals surface area (Å²) in [5, 5.41) is 2.57. The van der Waals surface area contributed by atoms with Crippen LogP contribution in [0, 0.1) is 5.92 Å². The van der Waals surface area contributed by atoms with E-state index in [1.807, 2.05) is 13.8 Å². The van der Waals surface area contributed by atoms with Gasteiger partial charge in [0.05, 0.1) is 4.47 Å². The Balaban J connectivity index is 2.43. The molecule has 0 saturated carbocycles. The van der Waals surface area contributed by atoms with E-state index in [0.29, 0.717) is 22.2 Å². The highest BCUT2D eigenvalue weighted by molar-refractivity contribution is 9.10. The van der Waals surface area contributed by atoms with Crippen LogP contribution in [0.4, 0.5) is 0 Å². The summed E-state index contributed by atoms with van der Waals surface area (Å²) in [5.74, 6) is 0.683. The van der Waals surface area contributed by atoms with Gasteiger partial charge < -0.3 is 10.1 Å². The van der Waals surface area contributed by atoms with Gasteiger partial charge in [0, 0.05) is 24.6 Å². The Bertz CT molecular complexity index is 540. The second kappa shape index (κ2) is 5.33. The Labute approximate surface area is 120 Å². The van der Waals surface area contributed by atoms with Gasteiger partial charge in [-0.25, -0.2) is 0 Å². The molecule has 1 aromatic rings. The Morgan fingerprint density at radius 1 is 1.47 bits per heavy atom. The average molecular weight is 326 g/mol. The minimum atomic E-state index is -0.408. The van der Waals surface area contributed by atoms with Crippen molar-refractivity contribution in [2.24, 2.45) is 5.92 Å². The fourth-order valence-corrected chi connectivity index (χ4v) is 2.77. The largest absolute Gasteiger partial charge is 0.481 e. The number of ketones is 1. The standard InChI is InChI=1S/C14H16BrNO3/c1-7(2)12-11(17)6-8-4-9(14(18)16-3)5-10(15)13(8)19-12/h4-5,7,12H,6H2,1-3H3,(H,16,18). The van der Waals surface area contributed by atoms with E-state index in [9.17, 15) is 9.59 Å². The number of ether oxygens (including phenoxy) is 1. The lowest BCUT2D eigenvalue weighted by molar-refractivity contribution is -0.128. The third-order valence-electron chi connectivity index (χ3n) is 3.14. The van der Waals surface area contributed by atoms with Crippen LogP contribution >= 0.6 is 15.9 Å². The molecule has 1 unspecified atom stereocenters. The fraction of sp³-hybridized carbons (Fsp3) is 0.429. The van der Waals surface area contributed by atoms with Gasteiger partial charge in [-0.1, -0.05) is 13.8 Å². The zero-order chi connectivity index (χ0) is 14.2. The molecule has 0 bridgehead atoms. The van der Waals surface area contributed by atoms with Gasteiger partial charge in [-0.05, 0) is 34.0 Å². The molecule has 0 spiro atoms. The molecule has 1 aliphatic rings. The topological polar surface area (TPSA) is 55.4 Å². The maximum Gasteiger partial charge on any atom is 0.251 e. The van der Waals surface area contributed by atoms with E-state index in [-0.39, 0.29) is 17.6 Å². The van der Waals surface area contributed by atoms with E-state index in [1.54, 1.807) is 19.2 Å². The summed E-state index contributed by atoms with van der Waals surface area (Å²) in [7, 11) is 1.58. The van der Waals surface area contributed by atoms with E-state index in [1.165, 1.54) is 0 Å². The highest BCUT2D eigenvalue weighted by Crippen LogP contribution is 2.36. The number of rotatable bonds is 2. The van der Waals surface area contributed by atoms with Crippen molar-refractivity contribution in [3.63, 3.8) is 0 Å². The van der Waals surface area contributed by atoms with Gasteiger partial charge in [0.15, 0.2) is 11.9 Å². The van der Waals surface area contributed by atoms with Crippen LogP contribution in [0.1, 0.15) is 29.8 Å². The first-order chi connectivity index (χ1) is 8.93. The molecule has 1 aliphatic heterocycles. The molecule has 0 aromatic heterocycles. The lowest BCUT2D eigenvalue weighted by atomic mass is 9.93. The first kappa shape index (κ1) is 14.1. The van der Waals surface area contributed by atoms with Crippen molar-refractivity contribution in [3.8, 4) is 5.75 Å². The summed E-state index contributed by atoms with van der Waals surface area (Å²) >= 11 is 3.41. The minimum absolute atomic E-state index is 0.0588. The summed E-state index contributed by atoms with van der Waals surface area (Å²) in [4.78, 5) is 23.7. The zero-order valence-electron chi connectivity index (χ0n) is 11.1. The maximum atomic E-state index is 12.0. The lowest BCUT2D eigenvalue weighted by Crippen LogP contribution is -2.37. The summed E-state index contributed by atoms with van der Waals surface area (Å²) in [5.41, 5.74) is 1.28. The van der Waals surface area contributed by atoms with Gasteiger partial charge in [0.1, 0.15) is 5.75 Å². The van der Waals surface area contributed by atoms with Crippen molar-refractivity contribution in [2.45, 2.75) is 26.4 Å². The molecule has 4 nitrogen and oxygen atoms in total. The minimum Gasteiger partial charge on any atom is -0.481 e. The third kappa shape index (κ3) is 2.66. The smallest absolute Gasteiger partial charge is 0.251 e. The number of hydrogen-bond donors (Lipinski definition) is 1. The molecule has 0 saturated heterocycles. The molecule has 1 atom stereocenters. The lowest BCUT2D eigenvalue weighted by Gasteiger charge is -2.28. The van der Waals surface area contributed by atoms with Crippen molar-refractivity contribution < 1.29 is 14.3 Å². The van der Waals surface area contributed by atoms with Gasteiger partial charge in [0.2, 0.25) is 0 Å². The van der Waals surface area contributed by atoms with Crippen molar-refractivity contribution in [1.29, 1.82) is 0 Å². The number of benzene rings is 1. The maximum absolute atomic E-state index is 12.0. The molecule has 2 rings (SSSR count). The number of carbonyl (C=O) groups is 2. The summed E-state index contributed by atoms with van der Waals surface area (Å²) in [6, 6.07) is 3.43. The predicted molar refractivity (Wildman–Crippen MR) is 75.5 cm³/mol. The molecule has 0 aliphatic carbocycles. The number of hydrogen-bond acceptors (Lipinski definition) is 3. The monoisotopic (exact) mass is 325 g/mol. The van der Waals surface area contributed by atoms with Gasteiger partial charge >= 0.3 is 0 Å². The van der Waals surface area contributed by atoms with Crippen LogP contribution < -0.4 is 10.1 Å². The SMILES string of the molecule is CNC(=O)c1cc(Br)c2c(c1)CC(=O)C(C(C)C)O2. The van der Waals surface area contributed by atoms with Crippen LogP contribution in [0.3, 0.4) is 0 Å². The van der Waals surface area contributed by atoms with E-state index < -0.39 is 6.10 Å². The Hall–Kier alpha value is -1.36. The van der Waals surface area contributed by atoms with E-state index >= 15 is 0 Å². The number of nitrogens with one attached hydrogen (secondary N) is 1. The highest BCUT2D eigenvalue weighted by atomic mass is 79.9. The molecule has 1 aromatic carbocycles. The molecule has 0 radical (unpaired) electrons. The van der Waals surface area contributed by atoms with Gasteiger partial charge in [-0.3, -0.25) is 9.59 Å². The van der Waals surface area contributed by atoms with Crippen LogP contribution in [0.2, 0.25) is 0 Å². The molecule has 19 heavy (non-hydrogen) atoms. The Kier molecular flexibility index (Phi) is 3.94. The fourth-order valence-electron chi connectivity index (χ4n) is 2.18. The number of halogens is 1. The number of fused-ring (bicyclic) bond motifs is 1. The Morgan fingerprint density at radius 2 is 2.16 bits per heavy atom. The molecule has 1 N–H and O–H groups in total. The molecule has 102 valence electrons. The first-order valence-corrected chi connectivity index (χ1v) is 6.97. The number of Topliss-reactive ketones (excluding diaryl/α,β-unsaturated/α-hetero) is 1. The number of carbonyl (C=O) groups excluding carboxylic acids is 2. The van der Waals surface area contributed by atoms with Gasteiger partial charge in [-0.2, -0.15) is 0 Å². The molecular formula is C14H16BrNO3. The van der Waals surface area contributed by atoms with E-state index in [4.69, 9.17) is 4.74 Å². The quantitative estimate of drug-likeness (QED) is 0.908. The predicted octanol–water partition coefficient (Wildman–Crippen LogP) is 2.34. The number of amides is 1. The highest BCUT2D eigenvalue weighted by Gasteiger charge is 2.32. The van der Waals surface area contributed by atoms with Crippen LogP contribution in [0.15, 0.2) is 16.6 Å². The van der Waals surface area contributed by atoms with Crippen LogP contribution in [0.25, 0.3) is 0 Å². The van der Waals surface area contributed by atoms with Gasteiger partial charge in [0.25, 0.3) is 5.91 Å². The third-order valence-corrected chi connectivity index (χ3v) is 3.73. The first-order valence-electron chi connectivity index (χ1n) is 6.18. The zero-order valence-corrected chi connectivity index (χ0v) is 12.7.